The van der Waals surface area contributed by atoms with Crippen molar-refractivity contribution >= 4 is 23.2 Å². The monoisotopic (exact) mass is 406 g/mol. The van der Waals surface area contributed by atoms with Crippen LogP contribution in [-0.4, -0.2) is 4.84 Å². The van der Waals surface area contributed by atoms with Crippen molar-refractivity contribution < 1.29 is 0 Å². The van der Waals surface area contributed by atoms with Gasteiger partial charge in [-0.3, -0.25) is 0 Å². The molecule has 0 aliphatic carbocycles. The molecule has 0 atom stereocenters. The molecule has 0 aliphatic rings. The van der Waals surface area contributed by atoms with E-state index in [9.17, 15) is 0 Å². The summed E-state index contributed by atoms with van der Waals surface area (Å²) >= 11 is 11.5. The molecule has 0 N–H and O–H groups in total. The number of halogens is 2. The van der Waals surface area contributed by atoms with Gasteiger partial charge in [0, 0.05) is 0 Å². The summed E-state index contributed by atoms with van der Waals surface area (Å²) in [6.07, 6.45) is 30.9. The Morgan fingerprint density at radius 2 is 0.615 bits per heavy atom. The highest BCUT2D eigenvalue weighted by Crippen LogP contribution is 2.16. The smallest absolute Gasteiger partial charge is 0.105 e. The van der Waals surface area contributed by atoms with E-state index in [-0.39, 0.29) is 4.84 Å². The zero-order chi connectivity index (χ0) is 19.1. The van der Waals surface area contributed by atoms with Crippen molar-refractivity contribution in [3.63, 3.8) is 0 Å². The van der Waals surface area contributed by atoms with Gasteiger partial charge in [0.25, 0.3) is 0 Å². The minimum Gasteiger partial charge on any atom is -0.105 e. The fourth-order valence-electron chi connectivity index (χ4n) is 3.73. The Morgan fingerprint density at radius 1 is 0.385 bits per heavy atom. The quantitative estimate of drug-likeness (QED) is 0.124. The molecule has 0 unspecified atom stereocenters. The van der Waals surface area contributed by atoms with Gasteiger partial charge in [-0.25, -0.2) is 0 Å². The molecule has 0 heterocycles. The van der Waals surface area contributed by atoms with E-state index in [1.54, 1.807) is 0 Å². The van der Waals surface area contributed by atoms with E-state index in [1.165, 1.54) is 135 Å². The molecular formula is C24H48Cl2. The fraction of sp³-hybridized carbons (Fsp3) is 1.00. The first-order chi connectivity index (χ1) is 12.8. The maximum absolute atomic E-state index is 5.73. The van der Waals surface area contributed by atoms with Gasteiger partial charge in [-0.2, -0.15) is 0 Å². The van der Waals surface area contributed by atoms with E-state index in [0.29, 0.717) is 0 Å². The standard InChI is InChI=1S/C24H48Cl2/c1-2-3-4-5-6-7-8-9-10-11-12-13-14-15-16-17-18-19-20-21-22-23-24(25)26/h24H,2-23H2,1H3. The van der Waals surface area contributed by atoms with Gasteiger partial charge < -0.3 is 0 Å². The van der Waals surface area contributed by atoms with Crippen LogP contribution in [0.5, 0.6) is 0 Å². The largest absolute Gasteiger partial charge is 0.107 e. The third-order valence-corrected chi connectivity index (χ3v) is 5.96. The van der Waals surface area contributed by atoms with Crippen molar-refractivity contribution in [2.75, 3.05) is 0 Å². The van der Waals surface area contributed by atoms with Crippen molar-refractivity contribution in [3.8, 4) is 0 Å². The normalized spacial score (nSPS) is 11.5. The Hall–Kier alpha value is 0.580. The maximum Gasteiger partial charge on any atom is 0.107 e. The van der Waals surface area contributed by atoms with Gasteiger partial charge in [-0.05, 0) is 6.42 Å². The Kier molecular flexibility index (Phi) is 24.1. The minimum absolute atomic E-state index is 0.157. The van der Waals surface area contributed by atoms with Gasteiger partial charge in [-0.15, -0.1) is 23.2 Å². The summed E-state index contributed by atoms with van der Waals surface area (Å²) in [4.78, 5) is -0.157. The van der Waals surface area contributed by atoms with E-state index in [2.05, 4.69) is 6.92 Å². The van der Waals surface area contributed by atoms with E-state index in [0.717, 1.165) is 6.42 Å². The van der Waals surface area contributed by atoms with Crippen LogP contribution in [0, 0.1) is 0 Å². The lowest BCUT2D eigenvalue weighted by molar-refractivity contribution is 0.520. The maximum atomic E-state index is 5.73. The van der Waals surface area contributed by atoms with Crippen LogP contribution >= 0.6 is 23.2 Å². The predicted octanol–water partition coefficient (Wildman–Crippen LogP) is 10.4. The molecule has 0 aromatic carbocycles. The summed E-state index contributed by atoms with van der Waals surface area (Å²) in [6, 6.07) is 0. The number of hydrogen-bond donors (Lipinski definition) is 0. The van der Waals surface area contributed by atoms with Crippen LogP contribution in [0.3, 0.4) is 0 Å². The molecule has 0 saturated heterocycles. The third-order valence-electron chi connectivity index (χ3n) is 5.53. The molecule has 0 amide bonds. The number of rotatable bonds is 22. The van der Waals surface area contributed by atoms with Crippen LogP contribution < -0.4 is 0 Å². The molecule has 0 bridgehead atoms. The molecule has 0 fully saturated rings. The summed E-state index contributed by atoms with van der Waals surface area (Å²) in [5.41, 5.74) is 0. The minimum atomic E-state index is -0.157. The number of unbranched alkanes of at least 4 members (excludes halogenated alkanes) is 20. The first-order valence-electron chi connectivity index (χ1n) is 12.1. The van der Waals surface area contributed by atoms with Crippen molar-refractivity contribution in [1.82, 2.24) is 0 Å². The Balaban J connectivity index is 2.97. The zero-order valence-corrected chi connectivity index (χ0v) is 19.4. The molecule has 0 nitrogen and oxygen atoms in total. The van der Waals surface area contributed by atoms with E-state index < -0.39 is 0 Å². The molecule has 0 rings (SSSR count). The van der Waals surface area contributed by atoms with Crippen LogP contribution in [-0.2, 0) is 0 Å². The molecule has 0 spiro atoms. The van der Waals surface area contributed by atoms with Gasteiger partial charge >= 0.3 is 0 Å². The number of alkyl halides is 2. The SMILES string of the molecule is CCCCCCCCCCCCCCCCCCCCCCCC(Cl)Cl. The second-order valence-corrected chi connectivity index (χ2v) is 9.53. The molecule has 0 radical (unpaired) electrons. The van der Waals surface area contributed by atoms with Crippen molar-refractivity contribution in [1.29, 1.82) is 0 Å². The van der Waals surface area contributed by atoms with Crippen LogP contribution in [0.1, 0.15) is 148 Å². The zero-order valence-electron chi connectivity index (χ0n) is 17.9. The molecule has 0 aromatic heterocycles. The average Bonchev–Trinajstić information content (AvgIpc) is 2.62. The van der Waals surface area contributed by atoms with Crippen molar-refractivity contribution in [2.24, 2.45) is 0 Å². The highest BCUT2D eigenvalue weighted by molar-refractivity contribution is 6.44. The fourth-order valence-corrected chi connectivity index (χ4v) is 4.04. The second-order valence-electron chi connectivity index (χ2n) is 8.25. The van der Waals surface area contributed by atoms with Crippen LogP contribution in [0.2, 0.25) is 0 Å². The molecule has 2 heteroatoms. The molecule has 0 aromatic rings. The van der Waals surface area contributed by atoms with Gasteiger partial charge in [0.05, 0.1) is 0 Å². The van der Waals surface area contributed by atoms with E-state index in [1.807, 2.05) is 0 Å². The van der Waals surface area contributed by atoms with Crippen molar-refractivity contribution in [3.05, 3.63) is 0 Å². The Bertz CT molecular complexity index is 240. The van der Waals surface area contributed by atoms with E-state index >= 15 is 0 Å². The summed E-state index contributed by atoms with van der Waals surface area (Å²) in [5.74, 6) is 0. The third kappa shape index (κ3) is 24.6. The van der Waals surface area contributed by atoms with Crippen molar-refractivity contribution in [2.45, 2.75) is 153 Å². The van der Waals surface area contributed by atoms with Gasteiger partial charge in [0.1, 0.15) is 4.84 Å². The molecule has 158 valence electrons. The van der Waals surface area contributed by atoms with Gasteiger partial charge in [0.15, 0.2) is 0 Å². The lowest BCUT2D eigenvalue weighted by Crippen LogP contribution is -1.87. The van der Waals surface area contributed by atoms with Gasteiger partial charge in [0.2, 0.25) is 0 Å². The topological polar surface area (TPSA) is 0 Å². The number of hydrogen-bond acceptors (Lipinski definition) is 0. The van der Waals surface area contributed by atoms with Crippen LogP contribution in [0.15, 0.2) is 0 Å². The summed E-state index contributed by atoms with van der Waals surface area (Å²) in [5, 5.41) is 0. The second kappa shape index (κ2) is 23.6. The summed E-state index contributed by atoms with van der Waals surface area (Å²) in [7, 11) is 0. The lowest BCUT2D eigenvalue weighted by Gasteiger charge is -2.04. The Labute approximate surface area is 176 Å². The first-order valence-corrected chi connectivity index (χ1v) is 12.9. The van der Waals surface area contributed by atoms with Gasteiger partial charge in [-0.1, -0.05) is 142 Å². The molecule has 26 heavy (non-hydrogen) atoms. The summed E-state index contributed by atoms with van der Waals surface area (Å²) < 4.78 is 0. The molecule has 0 aliphatic heterocycles. The highest BCUT2D eigenvalue weighted by atomic mass is 35.5. The molecule has 0 saturated carbocycles. The van der Waals surface area contributed by atoms with E-state index in [4.69, 9.17) is 23.2 Å². The van der Waals surface area contributed by atoms with Crippen LogP contribution in [0.4, 0.5) is 0 Å². The average molecular weight is 408 g/mol. The summed E-state index contributed by atoms with van der Waals surface area (Å²) in [6.45, 7) is 2.30. The Morgan fingerprint density at radius 3 is 0.846 bits per heavy atom. The lowest BCUT2D eigenvalue weighted by atomic mass is 10.0. The first kappa shape index (κ1) is 26.6. The molecular weight excluding hydrogens is 359 g/mol. The predicted molar refractivity (Wildman–Crippen MR) is 123 cm³/mol. The highest BCUT2D eigenvalue weighted by Gasteiger charge is 1.98. The van der Waals surface area contributed by atoms with Crippen LogP contribution in [0.25, 0.3) is 0 Å².